The molecular formula is C17H28N2O3. The molecule has 0 radical (unpaired) electrons. The summed E-state index contributed by atoms with van der Waals surface area (Å²) in [6, 6.07) is 4.14. The fraction of sp³-hybridized carbons (Fsp3) is 0.706. The molecule has 0 aromatic carbocycles. The highest BCUT2D eigenvalue weighted by Gasteiger charge is 2.34. The summed E-state index contributed by atoms with van der Waals surface area (Å²) in [5, 5.41) is 0. The van der Waals surface area contributed by atoms with Gasteiger partial charge < -0.3 is 14.1 Å². The van der Waals surface area contributed by atoms with Crippen molar-refractivity contribution in [3.05, 3.63) is 23.7 Å². The number of carbonyl (C=O) groups is 1. The molecule has 2 heterocycles. The summed E-state index contributed by atoms with van der Waals surface area (Å²) in [6.45, 7) is 8.97. The van der Waals surface area contributed by atoms with E-state index in [1.807, 2.05) is 24.0 Å². The lowest BCUT2D eigenvalue weighted by atomic mass is 10.0. The van der Waals surface area contributed by atoms with E-state index in [0.717, 1.165) is 37.5 Å². The number of furan rings is 1. The molecule has 1 unspecified atom stereocenters. The van der Waals surface area contributed by atoms with E-state index in [1.54, 1.807) is 7.11 Å². The molecule has 1 saturated heterocycles. The number of methoxy groups -OCH3 is 1. The second kappa shape index (κ2) is 7.79. The number of carbonyl (C=O) groups excluding carboxylic acids is 1. The van der Waals surface area contributed by atoms with Crippen molar-refractivity contribution in [1.82, 2.24) is 9.80 Å². The molecule has 5 heteroatoms. The molecule has 5 nitrogen and oxygen atoms in total. The van der Waals surface area contributed by atoms with E-state index in [4.69, 9.17) is 9.15 Å². The minimum absolute atomic E-state index is 0.0725. The average Bonchev–Trinajstić information content (AvgIpc) is 2.89. The number of likely N-dealkylation sites (tertiary alicyclic amines) is 1. The molecule has 22 heavy (non-hydrogen) atoms. The summed E-state index contributed by atoms with van der Waals surface area (Å²) in [6.07, 6.45) is 1.96. The third-order valence-electron chi connectivity index (χ3n) is 4.25. The van der Waals surface area contributed by atoms with Crippen molar-refractivity contribution in [3.63, 3.8) is 0 Å². The average molecular weight is 308 g/mol. The Balaban J connectivity index is 2.11. The van der Waals surface area contributed by atoms with Crippen LogP contribution in [0.15, 0.2) is 16.5 Å². The Bertz CT molecular complexity index is 484. The van der Waals surface area contributed by atoms with Crippen LogP contribution in [-0.4, -0.2) is 54.6 Å². The van der Waals surface area contributed by atoms with Gasteiger partial charge in [-0.2, -0.15) is 0 Å². The Kier molecular flexibility index (Phi) is 6.03. The van der Waals surface area contributed by atoms with Crippen LogP contribution in [0.5, 0.6) is 0 Å². The van der Waals surface area contributed by atoms with Gasteiger partial charge in [0.15, 0.2) is 0 Å². The highest BCUT2D eigenvalue weighted by atomic mass is 16.5. The first-order chi connectivity index (χ1) is 10.5. The smallest absolute Gasteiger partial charge is 0.240 e. The Morgan fingerprint density at radius 3 is 2.82 bits per heavy atom. The molecule has 0 N–H and O–H groups in total. The zero-order valence-corrected chi connectivity index (χ0v) is 14.2. The van der Waals surface area contributed by atoms with Crippen LogP contribution in [0.4, 0.5) is 0 Å². The summed E-state index contributed by atoms with van der Waals surface area (Å²) in [7, 11) is 1.69. The van der Waals surface area contributed by atoms with Gasteiger partial charge in [0.25, 0.3) is 0 Å². The van der Waals surface area contributed by atoms with Gasteiger partial charge in [-0.1, -0.05) is 0 Å². The van der Waals surface area contributed by atoms with Gasteiger partial charge in [0.05, 0.1) is 19.2 Å². The number of ether oxygens (including phenoxy) is 1. The van der Waals surface area contributed by atoms with Crippen LogP contribution in [0.3, 0.4) is 0 Å². The van der Waals surface area contributed by atoms with Crippen molar-refractivity contribution in [3.8, 4) is 0 Å². The molecule has 1 amide bonds. The number of piperidine rings is 1. The van der Waals surface area contributed by atoms with Crippen LogP contribution in [0, 0.1) is 6.92 Å². The van der Waals surface area contributed by atoms with E-state index >= 15 is 0 Å². The van der Waals surface area contributed by atoms with Crippen molar-refractivity contribution in [1.29, 1.82) is 0 Å². The molecule has 1 aliphatic heterocycles. The van der Waals surface area contributed by atoms with Gasteiger partial charge in [-0.05, 0) is 45.7 Å². The van der Waals surface area contributed by atoms with Crippen molar-refractivity contribution in [2.45, 2.75) is 52.2 Å². The van der Waals surface area contributed by atoms with E-state index in [9.17, 15) is 4.79 Å². The summed E-state index contributed by atoms with van der Waals surface area (Å²) >= 11 is 0. The van der Waals surface area contributed by atoms with Gasteiger partial charge in [-0.25, -0.2) is 0 Å². The zero-order valence-electron chi connectivity index (χ0n) is 14.2. The van der Waals surface area contributed by atoms with Gasteiger partial charge in [0, 0.05) is 26.2 Å². The molecule has 0 spiro atoms. The molecule has 1 aromatic rings. The van der Waals surface area contributed by atoms with Crippen LogP contribution < -0.4 is 0 Å². The maximum atomic E-state index is 12.8. The second-order valence-corrected chi connectivity index (χ2v) is 6.26. The third kappa shape index (κ3) is 4.11. The molecule has 1 atom stereocenters. The fourth-order valence-electron chi connectivity index (χ4n) is 3.06. The molecule has 0 bridgehead atoms. The van der Waals surface area contributed by atoms with Crippen LogP contribution in [-0.2, 0) is 16.1 Å². The Morgan fingerprint density at radius 2 is 2.23 bits per heavy atom. The predicted octanol–water partition coefficient (Wildman–Crippen LogP) is 2.44. The van der Waals surface area contributed by atoms with E-state index in [-0.39, 0.29) is 18.0 Å². The van der Waals surface area contributed by atoms with Crippen molar-refractivity contribution in [2.24, 2.45) is 0 Å². The molecule has 2 rings (SSSR count). The first-order valence-corrected chi connectivity index (χ1v) is 8.11. The molecule has 1 aliphatic rings. The lowest BCUT2D eigenvalue weighted by Crippen LogP contribution is -2.54. The van der Waals surface area contributed by atoms with Gasteiger partial charge >= 0.3 is 0 Å². The molecule has 1 fully saturated rings. The largest absolute Gasteiger partial charge is 0.465 e. The normalized spacial score (nSPS) is 19.5. The summed E-state index contributed by atoms with van der Waals surface area (Å²) in [4.78, 5) is 17.0. The van der Waals surface area contributed by atoms with Gasteiger partial charge in [-0.15, -0.1) is 0 Å². The Morgan fingerprint density at radius 1 is 1.45 bits per heavy atom. The minimum Gasteiger partial charge on any atom is -0.465 e. The summed E-state index contributed by atoms with van der Waals surface area (Å²) in [5.41, 5.74) is 0. The van der Waals surface area contributed by atoms with E-state index in [2.05, 4.69) is 18.7 Å². The summed E-state index contributed by atoms with van der Waals surface area (Å²) < 4.78 is 10.9. The number of hydrogen-bond donors (Lipinski definition) is 0. The van der Waals surface area contributed by atoms with Crippen LogP contribution in [0.25, 0.3) is 0 Å². The van der Waals surface area contributed by atoms with Crippen molar-refractivity contribution in [2.75, 3.05) is 26.8 Å². The number of hydrogen-bond acceptors (Lipinski definition) is 4. The Hall–Kier alpha value is -1.33. The van der Waals surface area contributed by atoms with E-state index in [0.29, 0.717) is 13.2 Å². The highest BCUT2D eigenvalue weighted by Crippen LogP contribution is 2.21. The molecule has 0 aliphatic carbocycles. The fourth-order valence-corrected chi connectivity index (χ4v) is 3.06. The first-order valence-electron chi connectivity index (χ1n) is 8.11. The number of nitrogens with zero attached hydrogens (tertiary/aromatic N) is 2. The lowest BCUT2D eigenvalue weighted by molar-refractivity contribution is -0.142. The lowest BCUT2D eigenvalue weighted by Gasteiger charge is -2.40. The minimum atomic E-state index is -0.0725. The number of amides is 1. The molecule has 1 aromatic heterocycles. The first kappa shape index (κ1) is 17.0. The monoisotopic (exact) mass is 308 g/mol. The Labute approximate surface area is 133 Å². The maximum absolute atomic E-state index is 12.8. The van der Waals surface area contributed by atoms with Crippen LogP contribution >= 0.6 is 0 Å². The van der Waals surface area contributed by atoms with E-state index in [1.165, 1.54) is 0 Å². The van der Waals surface area contributed by atoms with Crippen LogP contribution in [0.2, 0.25) is 0 Å². The van der Waals surface area contributed by atoms with Gasteiger partial charge in [-0.3, -0.25) is 9.69 Å². The molecular weight excluding hydrogens is 280 g/mol. The number of aryl methyl sites for hydroxylation is 1. The van der Waals surface area contributed by atoms with Crippen molar-refractivity contribution < 1.29 is 13.9 Å². The van der Waals surface area contributed by atoms with E-state index < -0.39 is 0 Å². The predicted molar refractivity (Wildman–Crippen MR) is 85.6 cm³/mol. The topological polar surface area (TPSA) is 45.9 Å². The molecule has 124 valence electrons. The van der Waals surface area contributed by atoms with Crippen molar-refractivity contribution >= 4 is 5.91 Å². The highest BCUT2D eigenvalue weighted by molar-refractivity contribution is 5.82. The number of rotatable bonds is 7. The standard InChI is InChI=1S/C17H28N2O3/c1-13(2)19-9-5-6-16(17(19)20)18(10-11-21-4)12-15-8-7-14(3)22-15/h7-8,13,16H,5-6,9-12H2,1-4H3. The second-order valence-electron chi connectivity index (χ2n) is 6.26. The SMILES string of the molecule is COCCN(Cc1ccc(C)o1)C1CCCN(C(C)C)C1=O. The van der Waals surface area contributed by atoms with Gasteiger partial charge in [0.2, 0.25) is 5.91 Å². The maximum Gasteiger partial charge on any atom is 0.240 e. The molecule has 0 saturated carbocycles. The summed E-state index contributed by atoms with van der Waals surface area (Å²) in [5.74, 6) is 2.05. The van der Waals surface area contributed by atoms with Gasteiger partial charge in [0.1, 0.15) is 11.5 Å². The third-order valence-corrected chi connectivity index (χ3v) is 4.25. The quantitative estimate of drug-likeness (QED) is 0.776. The zero-order chi connectivity index (χ0) is 16.1. The van der Waals surface area contributed by atoms with Crippen LogP contribution in [0.1, 0.15) is 38.2 Å².